The van der Waals surface area contributed by atoms with Gasteiger partial charge in [0.2, 0.25) is 0 Å². The van der Waals surface area contributed by atoms with Gasteiger partial charge in [-0.3, -0.25) is 9.59 Å². The van der Waals surface area contributed by atoms with Crippen molar-refractivity contribution in [1.82, 2.24) is 0 Å². The van der Waals surface area contributed by atoms with Gasteiger partial charge in [0.05, 0.1) is 37.4 Å². The number of ketones is 1. The number of nitrogens with zero attached hydrogens (tertiary/aromatic N) is 2. The third-order valence-corrected chi connectivity index (χ3v) is 5.36. The number of para-hydroxylation sites is 1. The van der Waals surface area contributed by atoms with Gasteiger partial charge in [0, 0.05) is 11.3 Å². The van der Waals surface area contributed by atoms with Crippen molar-refractivity contribution in [3.05, 3.63) is 59.7 Å². The fourth-order valence-corrected chi connectivity index (χ4v) is 3.51. The van der Waals surface area contributed by atoms with Crippen molar-refractivity contribution < 1.29 is 14.5 Å². The Morgan fingerprint density at radius 2 is 1.75 bits per heavy atom. The van der Waals surface area contributed by atoms with Gasteiger partial charge in [-0.25, -0.2) is 0 Å². The van der Waals surface area contributed by atoms with Crippen LogP contribution in [0.3, 0.4) is 0 Å². The number of carbonyl (C=O) groups is 2. The lowest BCUT2D eigenvalue weighted by Gasteiger charge is -2.36. The van der Waals surface area contributed by atoms with E-state index in [1.165, 1.54) is 4.90 Å². The van der Waals surface area contributed by atoms with Crippen molar-refractivity contribution in [3.8, 4) is 6.07 Å². The van der Waals surface area contributed by atoms with Gasteiger partial charge in [-0.1, -0.05) is 12.1 Å². The van der Waals surface area contributed by atoms with Gasteiger partial charge in [-0.05, 0) is 50.2 Å². The highest BCUT2D eigenvalue weighted by molar-refractivity contribution is 5.95. The Kier molecular flexibility index (Phi) is 6.07. The van der Waals surface area contributed by atoms with Crippen molar-refractivity contribution in [2.45, 2.75) is 19.9 Å². The van der Waals surface area contributed by atoms with Crippen LogP contribution in [0.2, 0.25) is 0 Å². The highest BCUT2D eigenvalue weighted by Crippen LogP contribution is 2.16. The summed E-state index contributed by atoms with van der Waals surface area (Å²) in [5.74, 6) is -0.00409. The van der Waals surface area contributed by atoms with Gasteiger partial charge in [0.25, 0.3) is 5.91 Å². The van der Waals surface area contributed by atoms with Crippen molar-refractivity contribution >= 4 is 23.1 Å². The van der Waals surface area contributed by atoms with E-state index in [1.807, 2.05) is 37.3 Å². The average Bonchev–Trinajstić information content (AvgIpc) is 2.73. The van der Waals surface area contributed by atoms with E-state index in [1.54, 1.807) is 25.1 Å². The van der Waals surface area contributed by atoms with Crippen LogP contribution in [0.25, 0.3) is 0 Å². The largest absolute Gasteiger partial charge is 0.360 e. The summed E-state index contributed by atoms with van der Waals surface area (Å²) in [5, 5.41) is 12.1. The lowest BCUT2D eigenvalue weighted by molar-refractivity contribution is -0.914. The summed E-state index contributed by atoms with van der Waals surface area (Å²) in [4.78, 5) is 27.6. The molecule has 0 aromatic heterocycles. The molecule has 0 saturated carbocycles. The minimum atomic E-state index is -0.200. The summed E-state index contributed by atoms with van der Waals surface area (Å²) in [5.41, 5.74) is 2.85. The highest BCUT2D eigenvalue weighted by atomic mass is 16.2. The smallest absolute Gasteiger partial charge is 0.282 e. The molecule has 6 heteroatoms. The molecule has 0 radical (unpaired) electrons. The van der Waals surface area contributed by atoms with Crippen LogP contribution in [0.4, 0.5) is 11.4 Å². The monoisotopic (exact) mass is 377 g/mol. The van der Waals surface area contributed by atoms with E-state index >= 15 is 0 Å². The molecule has 1 aliphatic heterocycles. The Morgan fingerprint density at radius 1 is 1.11 bits per heavy atom. The standard InChI is InChI=1S/C22H24N4O2/c1-16(22(28)24-21-6-4-3-5-19(21)15-23)25-11-13-26(14-12-25)20-9-7-18(8-10-20)17(2)27/h3-10,16H,11-14H2,1-2H3,(H,24,28)/p+1/t16-/m1/s1. The summed E-state index contributed by atoms with van der Waals surface area (Å²) in [6.07, 6.45) is 0. The van der Waals surface area contributed by atoms with Gasteiger partial charge in [-0.2, -0.15) is 5.26 Å². The number of benzene rings is 2. The fourth-order valence-electron chi connectivity index (χ4n) is 3.51. The molecular formula is C22H25N4O2+. The first-order chi connectivity index (χ1) is 13.5. The van der Waals surface area contributed by atoms with E-state index in [0.29, 0.717) is 11.3 Å². The number of piperazine rings is 1. The first-order valence-corrected chi connectivity index (χ1v) is 9.50. The Labute approximate surface area is 165 Å². The minimum absolute atomic E-state index is 0.0682. The molecule has 1 heterocycles. The van der Waals surface area contributed by atoms with Gasteiger partial charge >= 0.3 is 0 Å². The lowest BCUT2D eigenvalue weighted by Crippen LogP contribution is -3.19. The molecule has 2 N–H and O–H groups in total. The van der Waals surface area contributed by atoms with E-state index in [-0.39, 0.29) is 17.7 Å². The van der Waals surface area contributed by atoms with Crippen molar-refractivity contribution in [2.75, 3.05) is 36.4 Å². The lowest BCUT2D eigenvalue weighted by atomic mass is 10.1. The molecule has 0 aliphatic carbocycles. The Hall–Kier alpha value is -3.17. The molecular weight excluding hydrogens is 352 g/mol. The number of nitrogens with one attached hydrogen (secondary N) is 2. The molecule has 2 aromatic rings. The van der Waals surface area contributed by atoms with E-state index in [4.69, 9.17) is 0 Å². The predicted octanol–water partition coefficient (Wildman–Crippen LogP) is 1.49. The van der Waals surface area contributed by atoms with Gasteiger partial charge in [0.15, 0.2) is 11.8 Å². The van der Waals surface area contributed by atoms with Crippen LogP contribution in [-0.2, 0) is 4.79 Å². The molecule has 1 saturated heterocycles. The first-order valence-electron chi connectivity index (χ1n) is 9.50. The second kappa shape index (κ2) is 8.68. The molecule has 0 unspecified atom stereocenters. The zero-order valence-electron chi connectivity index (χ0n) is 16.2. The maximum Gasteiger partial charge on any atom is 0.282 e. The highest BCUT2D eigenvalue weighted by Gasteiger charge is 2.29. The number of quaternary nitrogens is 1. The molecule has 6 nitrogen and oxygen atoms in total. The van der Waals surface area contributed by atoms with Crippen LogP contribution in [0, 0.1) is 11.3 Å². The summed E-state index contributed by atoms with van der Waals surface area (Å²) in [7, 11) is 0. The van der Waals surface area contributed by atoms with Crippen LogP contribution in [0.5, 0.6) is 0 Å². The van der Waals surface area contributed by atoms with Crippen molar-refractivity contribution in [1.29, 1.82) is 5.26 Å². The summed E-state index contributed by atoms with van der Waals surface area (Å²) in [6.45, 7) is 6.89. The molecule has 1 atom stereocenters. The first kappa shape index (κ1) is 19.6. The number of hydrogen-bond acceptors (Lipinski definition) is 4. The summed E-state index contributed by atoms with van der Waals surface area (Å²) in [6, 6.07) is 16.6. The van der Waals surface area contributed by atoms with Crippen LogP contribution in [0.1, 0.15) is 29.8 Å². The van der Waals surface area contributed by atoms with E-state index in [0.717, 1.165) is 37.4 Å². The third kappa shape index (κ3) is 4.38. The zero-order chi connectivity index (χ0) is 20.1. The Morgan fingerprint density at radius 3 is 2.36 bits per heavy atom. The zero-order valence-corrected chi connectivity index (χ0v) is 16.2. The SMILES string of the molecule is CC(=O)c1ccc(N2CC[NH+]([C@H](C)C(=O)Nc3ccccc3C#N)CC2)cc1. The molecule has 28 heavy (non-hydrogen) atoms. The molecule has 0 spiro atoms. The fraction of sp³-hybridized carbons (Fsp3) is 0.318. The summed E-state index contributed by atoms with van der Waals surface area (Å²) < 4.78 is 0. The third-order valence-electron chi connectivity index (χ3n) is 5.36. The number of Topliss-reactive ketones (excluding diaryl/α,β-unsaturated/α-hetero) is 1. The average molecular weight is 377 g/mol. The number of rotatable bonds is 5. The van der Waals surface area contributed by atoms with Gasteiger partial charge in [0.1, 0.15) is 6.07 Å². The molecule has 144 valence electrons. The molecule has 1 aliphatic rings. The Bertz CT molecular complexity index is 893. The second-order valence-electron chi connectivity index (χ2n) is 7.12. The molecule has 1 fully saturated rings. The number of hydrogen-bond donors (Lipinski definition) is 2. The van der Waals surface area contributed by atoms with Gasteiger partial charge in [-0.15, -0.1) is 0 Å². The maximum absolute atomic E-state index is 12.6. The van der Waals surface area contributed by atoms with Crippen molar-refractivity contribution in [3.63, 3.8) is 0 Å². The van der Waals surface area contributed by atoms with E-state index < -0.39 is 0 Å². The van der Waals surface area contributed by atoms with Gasteiger partial charge < -0.3 is 15.1 Å². The van der Waals surface area contributed by atoms with Crippen LogP contribution in [0.15, 0.2) is 48.5 Å². The minimum Gasteiger partial charge on any atom is -0.360 e. The molecule has 0 bridgehead atoms. The number of nitriles is 1. The Balaban J connectivity index is 1.57. The maximum atomic E-state index is 12.6. The number of carbonyl (C=O) groups excluding carboxylic acids is 2. The normalized spacial score (nSPS) is 15.5. The number of amides is 1. The molecule has 1 amide bonds. The van der Waals surface area contributed by atoms with E-state index in [9.17, 15) is 14.9 Å². The predicted molar refractivity (Wildman–Crippen MR) is 109 cm³/mol. The quantitative estimate of drug-likeness (QED) is 0.774. The van der Waals surface area contributed by atoms with Crippen LogP contribution in [-0.4, -0.2) is 43.9 Å². The molecule has 3 rings (SSSR count). The molecule has 2 aromatic carbocycles. The number of anilines is 2. The second-order valence-corrected chi connectivity index (χ2v) is 7.12. The van der Waals surface area contributed by atoms with Crippen LogP contribution < -0.4 is 15.1 Å². The topological polar surface area (TPSA) is 77.6 Å². The van der Waals surface area contributed by atoms with E-state index in [2.05, 4.69) is 16.3 Å². The van der Waals surface area contributed by atoms with Crippen LogP contribution >= 0.6 is 0 Å². The summed E-state index contributed by atoms with van der Waals surface area (Å²) >= 11 is 0. The van der Waals surface area contributed by atoms with Crippen molar-refractivity contribution in [2.24, 2.45) is 0 Å².